The Bertz CT molecular complexity index is 1330. The average Bonchev–Trinajstić information content (AvgIpc) is 3.40. The number of rotatable bonds is 59. The van der Waals surface area contributed by atoms with Gasteiger partial charge in [-0.1, -0.05) is 293 Å². The monoisotopic (exact) mass is 1030 g/mol. The Labute approximate surface area is 460 Å². The highest BCUT2D eigenvalue weighted by Gasteiger charge is 2.19. The maximum atomic E-state index is 12.8. The summed E-state index contributed by atoms with van der Waals surface area (Å²) in [5.74, 6) is -0.862. The SMILES string of the molecule is CC/C=C\C/C=C\C/C=C\C/C=C\CCCCCCCCCCCCCCCCCCCCC(=O)OCC(COC(=O)CCCCCCCCCC)OC(=O)CCCCCCCCC/C=C\CCCCCCCC. The van der Waals surface area contributed by atoms with Crippen molar-refractivity contribution in [1.29, 1.82) is 0 Å². The topological polar surface area (TPSA) is 78.9 Å². The second-order valence-corrected chi connectivity index (χ2v) is 21.6. The lowest BCUT2D eigenvalue weighted by Gasteiger charge is -2.18. The quantitative estimate of drug-likeness (QED) is 0.0261. The normalized spacial score (nSPS) is 12.4. The number of hydrogen-bond donors (Lipinski definition) is 0. The van der Waals surface area contributed by atoms with Gasteiger partial charge in [0.1, 0.15) is 13.2 Å². The molecule has 0 aliphatic rings. The van der Waals surface area contributed by atoms with Gasteiger partial charge in [-0.3, -0.25) is 14.4 Å². The van der Waals surface area contributed by atoms with E-state index < -0.39 is 6.10 Å². The molecule has 0 aliphatic heterocycles. The third kappa shape index (κ3) is 60.0. The Morgan fingerprint density at radius 3 is 0.838 bits per heavy atom. The molecule has 0 spiro atoms. The van der Waals surface area contributed by atoms with Gasteiger partial charge in [-0.15, -0.1) is 0 Å². The fraction of sp³-hybridized carbons (Fsp3) is 0.809. The molecule has 0 rings (SSSR count). The van der Waals surface area contributed by atoms with Crippen molar-refractivity contribution in [3.63, 3.8) is 0 Å². The first kappa shape index (κ1) is 71.1. The molecule has 0 fully saturated rings. The molecule has 0 amide bonds. The standard InChI is InChI=1S/C68H122O6/c1-4-7-10-13-16-19-21-23-25-27-28-29-30-31-32-33-34-35-36-37-38-39-40-42-43-45-47-49-52-55-58-61-67(70)73-64-65(63-72-66(69)60-57-54-51-18-15-12-9-6-3)74-68(71)62-59-56-53-50-48-46-44-41-26-24-22-20-17-14-11-8-5-2/h7,10,16,19,23-26,28-29,65H,4-6,8-9,11-15,17-18,20-22,27,30-64H2,1-3H3/b10-7-,19-16-,25-23-,26-24-,29-28-. The number of allylic oxidation sites excluding steroid dienone is 10. The van der Waals surface area contributed by atoms with Crippen molar-refractivity contribution in [2.75, 3.05) is 13.2 Å². The van der Waals surface area contributed by atoms with Crippen LogP contribution in [-0.2, 0) is 28.6 Å². The highest BCUT2D eigenvalue weighted by molar-refractivity contribution is 5.71. The van der Waals surface area contributed by atoms with Crippen LogP contribution in [0.15, 0.2) is 60.8 Å². The first-order chi connectivity index (χ1) is 36.5. The molecule has 0 N–H and O–H groups in total. The largest absolute Gasteiger partial charge is 0.462 e. The molecule has 6 heteroatoms. The predicted octanol–water partition coefficient (Wildman–Crippen LogP) is 21.9. The van der Waals surface area contributed by atoms with E-state index in [-0.39, 0.29) is 31.1 Å². The van der Waals surface area contributed by atoms with Gasteiger partial charge in [0.2, 0.25) is 0 Å². The lowest BCUT2D eigenvalue weighted by molar-refractivity contribution is -0.167. The molecular weight excluding hydrogens is 913 g/mol. The van der Waals surface area contributed by atoms with Crippen LogP contribution in [0.5, 0.6) is 0 Å². The summed E-state index contributed by atoms with van der Waals surface area (Å²) in [7, 11) is 0. The molecular formula is C68H122O6. The summed E-state index contributed by atoms with van der Waals surface area (Å²) in [6, 6.07) is 0. The predicted molar refractivity (Wildman–Crippen MR) is 321 cm³/mol. The first-order valence-corrected chi connectivity index (χ1v) is 32.3. The van der Waals surface area contributed by atoms with Crippen LogP contribution in [0.4, 0.5) is 0 Å². The molecule has 0 saturated heterocycles. The van der Waals surface area contributed by atoms with Crippen LogP contribution in [0.1, 0.15) is 335 Å². The van der Waals surface area contributed by atoms with Gasteiger partial charge in [0.15, 0.2) is 6.10 Å². The molecule has 1 atom stereocenters. The maximum Gasteiger partial charge on any atom is 0.306 e. The second-order valence-electron chi connectivity index (χ2n) is 21.6. The van der Waals surface area contributed by atoms with Gasteiger partial charge in [-0.25, -0.2) is 0 Å². The molecule has 6 nitrogen and oxygen atoms in total. The third-order valence-corrected chi connectivity index (χ3v) is 14.3. The van der Waals surface area contributed by atoms with Crippen molar-refractivity contribution < 1.29 is 28.6 Å². The minimum Gasteiger partial charge on any atom is -0.462 e. The van der Waals surface area contributed by atoms with Crippen LogP contribution in [0, 0.1) is 0 Å². The Morgan fingerprint density at radius 2 is 0.527 bits per heavy atom. The van der Waals surface area contributed by atoms with E-state index in [1.807, 2.05) is 0 Å². The molecule has 0 aromatic rings. The van der Waals surface area contributed by atoms with E-state index in [0.717, 1.165) is 83.5 Å². The molecule has 1 unspecified atom stereocenters. The number of carbonyl (C=O) groups excluding carboxylic acids is 3. The fourth-order valence-corrected chi connectivity index (χ4v) is 9.43. The summed E-state index contributed by atoms with van der Waals surface area (Å²) in [6.07, 6.45) is 79.7. The van der Waals surface area contributed by atoms with E-state index >= 15 is 0 Å². The van der Waals surface area contributed by atoms with Crippen LogP contribution in [0.25, 0.3) is 0 Å². The summed E-state index contributed by atoms with van der Waals surface area (Å²) < 4.78 is 16.9. The zero-order valence-corrected chi connectivity index (χ0v) is 49.4. The maximum absolute atomic E-state index is 12.8. The lowest BCUT2D eigenvalue weighted by Crippen LogP contribution is -2.30. The van der Waals surface area contributed by atoms with E-state index in [1.165, 1.54) is 212 Å². The van der Waals surface area contributed by atoms with Crippen molar-refractivity contribution in [3.05, 3.63) is 60.8 Å². The third-order valence-electron chi connectivity index (χ3n) is 14.3. The minimum absolute atomic E-state index is 0.0710. The fourth-order valence-electron chi connectivity index (χ4n) is 9.43. The lowest BCUT2D eigenvalue weighted by atomic mass is 10.0. The molecule has 74 heavy (non-hydrogen) atoms. The molecule has 0 radical (unpaired) electrons. The summed E-state index contributed by atoms with van der Waals surface area (Å²) in [4.78, 5) is 38.1. The average molecular weight is 1040 g/mol. The number of hydrogen-bond acceptors (Lipinski definition) is 6. The van der Waals surface area contributed by atoms with Crippen LogP contribution in [0.2, 0.25) is 0 Å². The van der Waals surface area contributed by atoms with Gasteiger partial charge in [0.05, 0.1) is 0 Å². The molecule has 0 aliphatic carbocycles. The molecule has 430 valence electrons. The Morgan fingerprint density at radius 1 is 0.284 bits per heavy atom. The highest BCUT2D eigenvalue weighted by Crippen LogP contribution is 2.17. The summed E-state index contributed by atoms with van der Waals surface area (Å²) in [6.45, 7) is 6.53. The number of ether oxygens (including phenoxy) is 3. The van der Waals surface area contributed by atoms with Crippen LogP contribution >= 0.6 is 0 Å². The minimum atomic E-state index is -0.771. The van der Waals surface area contributed by atoms with Gasteiger partial charge in [-0.2, -0.15) is 0 Å². The van der Waals surface area contributed by atoms with E-state index in [4.69, 9.17) is 14.2 Å². The summed E-state index contributed by atoms with van der Waals surface area (Å²) in [5.41, 5.74) is 0. The Hall–Kier alpha value is -2.89. The highest BCUT2D eigenvalue weighted by atomic mass is 16.6. The molecule has 0 bridgehead atoms. The second kappa shape index (κ2) is 62.6. The van der Waals surface area contributed by atoms with Crippen LogP contribution in [-0.4, -0.2) is 37.2 Å². The number of unbranched alkanes of at least 4 members (excludes halogenated alkanes) is 38. The van der Waals surface area contributed by atoms with Crippen molar-refractivity contribution in [1.82, 2.24) is 0 Å². The summed E-state index contributed by atoms with van der Waals surface area (Å²) in [5, 5.41) is 0. The molecule has 0 saturated carbocycles. The van der Waals surface area contributed by atoms with Gasteiger partial charge in [0.25, 0.3) is 0 Å². The van der Waals surface area contributed by atoms with E-state index in [2.05, 4.69) is 81.5 Å². The molecule has 0 heterocycles. The molecule has 0 aromatic heterocycles. The van der Waals surface area contributed by atoms with Crippen LogP contribution < -0.4 is 0 Å². The van der Waals surface area contributed by atoms with Crippen LogP contribution in [0.3, 0.4) is 0 Å². The van der Waals surface area contributed by atoms with Gasteiger partial charge >= 0.3 is 17.9 Å². The van der Waals surface area contributed by atoms with E-state index in [1.54, 1.807) is 0 Å². The van der Waals surface area contributed by atoms with Crippen molar-refractivity contribution >= 4 is 17.9 Å². The Kier molecular flexibility index (Phi) is 60.2. The van der Waals surface area contributed by atoms with Gasteiger partial charge in [0, 0.05) is 19.3 Å². The number of carbonyl (C=O) groups is 3. The zero-order valence-electron chi connectivity index (χ0n) is 49.4. The first-order valence-electron chi connectivity index (χ1n) is 32.3. The van der Waals surface area contributed by atoms with Crippen molar-refractivity contribution in [2.45, 2.75) is 341 Å². The van der Waals surface area contributed by atoms with Gasteiger partial charge in [-0.05, 0) is 83.5 Å². The van der Waals surface area contributed by atoms with E-state index in [9.17, 15) is 14.4 Å². The molecule has 0 aromatic carbocycles. The van der Waals surface area contributed by atoms with E-state index in [0.29, 0.717) is 19.3 Å². The number of esters is 3. The van der Waals surface area contributed by atoms with Crippen molar-refractivity contribution in [2.24, 2.45) is 0 Å². The smallest absolute Gasteiger partial charge is 0.306 e. The van der Waals surface area contributed by atoms with Crippen molar-refractivity contribution in [3.8, 4) is 0 Å². The zero-order chi connectivity index (χ0) is 53.6. The Balaban J connectivity index is 4.05. The van der Waals surface area contributed by atoms with Gasteiger partial charge < -0.3 is 14.2 Å². The summed E-state index contributed by atoms with van der Waals surface area (Å²) >= 11 is 0.